The summed E-state index contributed by atoms with van der Waals surface area (Å²) in [6.45, 7) is 0. The van der Waals surface area contributed by atoms with Gasteiger partial charge in [0.2, 0.25) is 0 Å². The van der Waals surface area contributed by atoms with E-state index in [1.165, 1.54) is 16.2 Å². The van der Waals surface area contributed by atoms with Crippen molar-refractivity contribution in [3.63, 3.8) is 0 Å². The second-order valence-electron chi connectivity index (χ2n) is 4.78. The predicted octanol–water partition coefficient (Wildman–Crippen LogP) is 4.45. The molecule has 0 aliphatic carbocycles. The minimum atomic E-state index is 1.02. The lowest BCUT2D eigenvalue weighted by molar-refractivity contribution is 1.34. The molecule has 20 heavy (non-hydrogen) atoms. The Bertz CT molecular complexity index is 825. The summed E-state index contributed by atoms with van der Waals surface area (Å²) in [6, 6.07) is 18.7. The number of nitrogens with zero attached hydrogens (tertiary/aromatic N) is 2. The Morgan fingerprint density at radius 1 is 0.650 bits per heavy atom. The lowest BCUT2D eigenvalue weighted by Crippen LogP contribution is -1.88. The maximum absolute atomic E-state index is 4.60. The molecule has 0 radical (unpaired) electrons. The van der Waals surface area contributed by atoms with E-state index >= 15 is 0 Å². The van der Waals surface area contributed by atoms with Gasteiger partial charge in [-0.25, -0.2) is 0 Å². The van der Waals surface area contributed by atoms with Crippen LogP contribution in [0.3, 0.4) is 0 Å². The van der Waals surface area contributed by atoms with E-state index in [2.05, 4.69) is 52.4 Å². The zero-order valence-electron chi connectivity index (χ0n) is 10.8. The van der Waals surface area contributed by atoms with Crippen molar-refractivity contribution in [2.75, 3.05) is 0 Å². The summed E-state index contributed by atoms with van der Waals surface area (Å²) in [5.41, 5.74) is 2.15. The molecule has 0 unspecified atom stereocenters. The first-order valence-electron chi connectivity index (χ1n) is 6.60. The molecule has 4 rings (SSSR count). The number of benzene rings is 2. The maximum atomic E-state index is 4.60. The summed E-state index contributed by atoms with van der Waals surface area (Å²) in [6.07, 6.45) is 5.60. The molecule has 0 amide bonds. The molecule has 0 fully saturated rings. The van der Waals surface area contributed by atoms with Gasteiger partial charge in [0.15, 0.2) is 0 Å². The van der Waals surface area contributed by atoms with E-state index in [0.29, 0.717) is 0 Å². The standard InChI is InChI=1S/C18H12N2/c1-2-6-15-13(4-1)9-11-20-18(15)16-7-3-5-14-8-10-19-12-17(14)16/h1-12H. The Hall–Kier alpha value is -2.74. The number of hydrogen-bond donors (Lipinski definition) is 0. The van der Waals surface area contributed by atoms with E-state index in [1.54, 1.807) is 0 Å². The summed E-state index contributed by atoms with van der Waals surface area (Å²) in [5, 5.41) is 4.70. The van der Waals surface area contributed by atoms with Crippen LogP contribution in [0.15, 0.2) is 73.2 Å². The number of pyridine rings is 2. The summed E-state index contributed by atoms with van der Waals surface area (Å²) in [7, 11) is 0. The van der Waals surface area contributed by atoms with Gasteiger partial charge in [-0.15, -0.1) is 0 Å². The van der Waals surface area contributed by atoms with E-state index in [1.807, 2.05) is 30.7 Å². The Labute approximate surface area is 116 Å². The topological polar surface area (TPSA) is 25.8 Å². The van der Waals surface area contributed by atoms with E-state index in [9.17, 15) is 0 Å². The van der Waals surface area contributed by atoms with Crippen LogP contribution < -0.4 is 0 Å². The van der Waals surface area contributed by atoms with Crippen molar-refractivity contribution < 1.29 is 0 Å². The fourth-order valence-corrected chi connectivity index (χ4v) is 2.65. The number of hydrogen-bond acceptors (Lipinski definition) is 2. The van der Waals surface area contributed by atoms with Gasteiger partial charge in [0.25, 0.3) is 0 Å². The van der Waals surface area contributed by atoms with Crippen LogP contribution >= 0.6 is 0 Å². The minimum absolute atomic E-state index is 1.02. The summed E-state index contributed by atoms with van der Waals surface area (Å²) >= 11 is 0. The van der Waals surface area contributed by atoms with Crippen molar-refractivity contribution in [2.24, 2.45) is 0 Å². The van der Waals surface area contributed by atoms with Crippen LogP contribution in [-0.4, -0.2) is 9.97 Å². The highest BCUT2D eigenvalue weighted by Gasteiger charge is 2.08. The predicted molar refractivity (Wildman–Crippen MR) is 82.5 cm³/mol. The first kappa shape index (κ1) is 11.1. The number of fused-ring (bicyclic) bond motifs is 2. The van der Waals surface area contributed by atoms with E-state index in [-0.39, 0.29) is 0 Å². The molecule has 0 aliphatic rings. The maximum Gasteiger partial charge on any atom is 0.0787 e. The molecule has 0 saturated carbocycles. The molecule has 2 aromatic heterocycles. The number of aromatic nitrogens is 2. The third-order valence-corrected chi connectivity index (χ3v) is 3.61. The molecular weight excluding hydrogens is 244 g/mol. The first-order valence-corrected chi connectivity index (χ1v) is 6.60. The van der Waals surface area contributed by atoms with Crippen LogP contribution in [0.1, 0.15) is 0 Å². The van der Waals surface area contributed by atoms with Crippen LogP contribution in [0, 0.1) is 0 Å². The second-order valence-corrected chi connectivity index (χ2v) is 4.78. The van der Waals surface area contributed by atoms with Gasteiger partial charge in [0, 0.05) is 34.9 Å². The van der Waals surface area contributed by atoms with Gasteiger partial charge in [-0.1, -0.05) is 42.5 Å². The van der Waals surface area contributed by atoms with Crippen molar-refractivity contribution >= 4 is 21.5 Å². The lowest BCUT2D eigenvalue weighted by atomic mass is 9.99. The first-order chi connectivity index (χ1) is 9.93. The van der Waals surface area contributed by atoms with Crippen LogP contribution in [0.4, 0.5) is 0 Å². The molecular formula is C18H12N2. The fourth-order valence-electron chi connectivity index (χ4n) is 2.65. The molecule has 2 heterocycles. The lowest BCUT2D eigenvalue weighted by Gasteiger charge is -2.08. The molecule has 0 saturated heterocycles. The Morgan fingerprint density at radius 2 is 1.45 bits per heavy atom. The van der Waals surface area contributed by atoms with Gasteiger partial charge >= 0.3 is 0 Å². The fraction of sp³-hybridized carbons (Fsp3) is 0. The average Bonchev–Trinajstić information content (AvgIpc) is 2.54. The van der Waals surface area contributed by atoms with Crippen LogP contribution in [-0.2, 0) is 0 Å². The molecule has 2 heteroatoms. The molecule has 4 aromatic rings. The summed E-state index contributed by atoms with van der Waals surface area (Å²) < 4.78 is 0. The highest BCUT2D eigenvalue weighted by Crippen LogP contribution is 2.31. The van der Waals surface area contributed by atoms with Gasteiger partial charge in [-0.2, -0.15) is 0 Å². The zero-order valence-corrected chi connectivity index (χ0v) is 10.8. The second kappa shape index (κ2) is 4.42. The van der Waals surface area contributed by atoms with Crippen molar-refractivity contribution in [3.05, 3.63) is 73.2 Å². The molecule has 2 nitrogen and oxygen atoms in total. The van der Waals surface area contributed by atoms with Gasteiger partial charge in [-0.3, -0.25) is 9.97 Å². The third-order valence-electron chi connectivity index (χ3n) is 3.61. The summed E-state index contributed by atoms with van der Waals surface area (Å²) in [5.74, 6) is 0. The molecule has 0 aliphatic heterocycles. The third kappa shape index (κ3) is 1.66. The molecule has 0 spiro atoms. The van der Waals surface area contributed by atoms with Gasteiger partial charge in [0.05, 0.1) is 5.69 Å². The van der Waals surface area contributed by atoms with Crippen molar-refractivity contribution in [2.45, 2.75) is 0 Å². The Balaban J connectivity index is 2.12. The van der Waals surface area contributed by atoms with Gasteiger partial charge < -0.3 is 0 Å². The van der Waals surface area contributed by atoms with Crippen LogP contribution in [0.2, 0.25) is 0 Å². The van der Waals surface area contributed by atoms with E-state index in [4.69, 9.17) is 0 Å². The average molecular weight is 256 g/mol. The highest BCUT2D eigenvalue weighted by atomic mass is 14.7. The molecule has 94 valence electrons. The van der Waals surface area contributed by atoms with Gasteiger partial charge in [0.1, 0.15) is 0 Å². The zero-order chi connectivity index (χ0) is 13.4. The van der Waals surface area contributed by atoms with Crippen LogP contribution in [0.25, 0.3) is 32.8 Å². The Kier molecular flexibility index (Phi) is 2.46. The molecule has 2 aromatic carbocycles. The largest absolute Gasteiger partial charge is 0.264 e. The molecule has 0 atom stereocenters. The van der Waals surface area contributed by atoms with E-state index < -0.39 is 0 Å². The molecule has 0 N–H and O–H groups in total. The SMILES string of the molecule is c1cc(-c2nccc3ccccc23)c2cnccc2c1. The van der Waals surface area contributed by atoms with Crippen molar-refractivity contribution in [1.82, 2.24) is 9.97 Å². The minimum Gasteiger partial charge on any atom is -0.264 e. The quantitative estimate of drug-likeness (QED) is 0.503. The number of rotatable bonds is 1. The van der Waals surface area contributed by atoms with Crippen molar-refractivity contribution in [3.8, 4) is 11.3 Å². The summed E-state index contributed by atoms with van der Waals surface area (Å²) in [4.78, 5) is 8.85. The van der Waals surface area contributed by atoms with Crippen molar-refractivity contribution in [1.29, 1.82) is 0 Å². The highest BCUT2D eigenvalue weighted by molar-refractivity contribution is 6.03. The Morgan fingerprint density at radius 3 is 2.45 bits per heavy atom. The van der Waals surface area contributed by atoms with Crippen LogP contribution in [0.5, 0.6) is 0 Å². The monoisotopic (exact) mass is 256 g/mol. The normalized spacial score (nSPS) is 11.0. The smallest absolute Gasteiger partial charge is 0.0787 e. The van der Waals surface area contributed by atoms with Gasteiger partial charge in [-0.05, 0) is 22.9 Å². The van der Waals surface area contributed by atoms with E-state index in [0.717, 1.165) is 16.6 Å². The molecule has 0 bridgehead atoms.